The quantitative estimate of drug-likeness (QED) is 0.799. The van der Waals surface area contributed by atoms with Crippen molar-refractivity contribution >= 4 is 29.3 Å². The molecule has 0 aromatic carbocycles. The Kier molecular flexibility index (Phi) is 3.49. The lowest BCUT2D eigenvalue weighted by Crippen LogP contribution is -2.44. The molecule has 6 heteroatoms. The number of fused-ring (bicyclic) bond motifs is 1. The van der Waals surface area contributed by atoms with E-state index < -0.39 is 0 Å². The molecular formula is C11H16ClN5. The molecule has 0 radical (unpaired) electrons. The molecule has 17 heavy (non-hydrogen) atoms. The smallest absolute Gasteiger partial charge is 0.143 e. The van der Waals surface area contributed by atoms with Crippen molar-refractivity contribution in [3.05, 3.63) is 18.1 Å². The van der Waals surface area contributed by atoms with Crippen LogP contribution < -0.4 is 10.2 Å². The molecule has 0 spiro atoms. The van der Waals surface area contributed by atoms with Crippen LogP contribution in [-0.4, -0.2) is 41.1 Å². The molecule has 0 bridgehead atoms. The minimum Gasteiger partial charge on any atom is -0.353 e. The number of nitrogens with one attached hydrogen (secondary N) is 2. The number of hydrogen-bond acceptors (Lipinski definition) is 4. The van der Waals surface area contributed by atoms with Crippen molar-refractivity contribution in [3.63, 3.8) is 0 Å². The van der Waals surface area contributed by atoms with Crippen LogP contribution in [0.15, 0.2) is 12.5 Å². The Morgan fingerprint density at radius 3 is 2.76 bits per heavy atom. The van der Waals surface area contributed by atoms with E-state index >= 15 is 0 Å². The molecule has 1 saturated heterocycles. The zero-order valence-corrected chi connectivity index (χ0v) is 10.5. The van der Waals surface area contributed by atoms with Gasteiger partial charge in [0, 0.05) is 32.4 Å². The van der Waals surface area contributed by atoms with Crippen molar-refractivity contribution < 1.29 is 0 Å². The Hall–Kier alpha value is -1.33. The van der Waals surface area contributed by atoms with Crippen LogP contribution in [-0.2, 0) is 0 Å². The first-order valence-electron chi connectivity index (χ1n) is 5.60. The molecule has 0 atom stereocenters. The average molecular weight is 254 g/mol. The van der Waals surface area contributed by atoms with Crippen LogP contribution in [0, 0.1) is 6.92 Å². The monoisotopic (exact) mass is 253 g/mol. The maximum Gasteiger partial charge on any atom is 0.143 e. The van der Waals surface area contributed by atoms with E-state index in [1.54, 1.807) is 6.33 Å². The van der Waals surface area contributed by atoms with Gasteiger partial charge in [0.1, 0.15) is 17.8 Å². The van der Waals surface area contributed by atoms with E-state index in [0.717, 1.165) is 43.0 Å². The normalized spacial score (nSPS) is 15.9. The molecule has 0 aliphatic carbocycles. The zero-order chi connectivity index (χ0) is 11.0. The highest BCUT2D eigenvalue weighted by Crippen LogP contribution is 2.25. The van der Waals surface area contributed by atoms with Gasteiger partial charge in [0.15, 0.2) is 0 Å². The Morgan fingerprint density at radius 2 is 2.00 bits per heavy atom. The summed E-state index contributed by atoms with van der Waals surface area (Å²) >= 11 is 0. The highest BCUT2D eigenvalue weighted by Gasteiger charge is 2.16. The summed E-state index contributed by atoms with van der Waals surface area (Å²) < 4.78 is 0. The Morgan fingerprint density at radius 1 is 1.24 bits per heavy atom. The fourth-order valence-electron chi connectivity index (χ4n) is 2.21. The van der Waals surface area contributed by atoms with Crippen molar-refractivity contribution in [2.24, 2.45) is 0 Å². The molecule has 1 aliphatic rings. The number of rotatable bonds is 1. The molecule has 92 valence electrons. The lowest BCUT2D eigenvalue weighted by atomic mass is 10.2. The fraction of sp³-hybridized carbons (Fsp3) is 0.455. The Bertz CT molecular complexity index is 504. The molecule has 0 amide bonds. The molecular weight excluding hydrogens is 238 g/mol. The molecule has 0 saturated carbocycles. The number of hydrogen-bond donors (Lipinski definition) is 2. The van der Waals surface area contributed by atoms with Crippen LogP contribution in [0.1, 0.15) is 5.56 Å². The van der Waals surface area contributed by atoms with Crippen molar-refractivity contribution in [3.8, 4) is 0 Å². The number of nitrogens with zero attached hydrogens (tertiary/aromatic N) is 3. The molecule has 2 aromatic rings. The standard InChI is InChI=1S/C11H15N5.ClH/c1-8-6-13-10-9(8)11(15-7-14-10)16-4-2-12-3-5-16;/h6-7,12H,2-5H2,1H3,(H,13,14,15);1H. The molecule has 1 fully saturated rings. The first-order chi connectivity index (χ1) is 7.86. The summed E-state index contributed by atoms with van der Waals surface area (Å²) in [4.78, 5) is 14.2. The lowest BCUT2D eigenvalue weighted by Gasteiger charge is -2.28. The average Bonchev–Trinajstić information content (AvgIpc) is 2.73. The van der Waals surface area contributed by atoms with Gasteiger partial charge in [0.2, 0.25) is 0 Å². The van der Waals surface area contributed by atoms with Gasteiger partial charge >= 0.3 is 0 Å². The third-order valence-corrected chi connectivity index (χ3v) is 3.06. The number of anilines is 1. The largest absolute Gasteiger partial charge is 0.353 e. The first kappa shape index (κ1) is 12.1. The second-order valence-electron chi connectivity index (χ2n) is 4.13. The number of aromatic amines is 1. The molecule has 3 rings (SSSR count). The third kappa shape index (κ3) is 2.08. The number of aromatic nitrogens is 3. The van der Waals surface area contributed by atoms with E-state index in [1.165, 1.54) is 5.56 Å². The van der Waals surface area contributed by atoms with Gasteiger partial charge in [-0.2, -0.15) is 0 Å². The maximum absolute atomic E-state index is 4.43. The van der Waals surface area contributed by atoms with Crippen LogP contribution in [0.2, 0.25) is 0 Å². The first-order valence-corrected chi connectivity index (χ1v) is 5.60. The summed E-state index contributed by atoms with van der Waals surface area (Å²) in [7, 11) is 0. The summed E-state index contributed by atoms with van der Waals surface area (Å²) in [6, 6.07) is 0. The van der Waals surface area contributed by atoms with Crippen molar-refractivity contribution in [2.45, 2.75) is 6.92 Å². The zero-order valence-electron chi connectivity index (χ0n) is 9.73. The van der Waals surface area contributed by atoms with Gasteiger partial charge < -0.3 is 15.2 Å². The minimum atomic E-state index is 0. The van der Waals surface area contributed by atoms with Crippen molar-refractivity contribution in [1.29, 1.82) is 0 Å². The predicted octanol–water partition coefficient (Wildman–Crippen LogP) is 1.10. The van der Waals surface area contributed by atoms with Gasteiger partial charge in [0.05, 0.1) is 5.39 Å². The molecule has 2 N–H and O–H groups in total. The Labute approximate surface area is 106 Å². The molecule has 5 nitrogen and oxygen atoms in total. The summed E-state index contributed by atoms with van der Waals surface area (Å²) in [5.74, 6) is 1.06. The van der Waals surface area contributed by atoms with Crippen LogP contribution in [0.3, 0.4) is 0 Å². The highest BCUT2D eigenvalue weighted by molar-refractivity contribution is 5.90. The van der Waals surface area contributed by atoms with Crippen LogP contribution in [0.4, 0.5) is 5.82 Å². The Balaban J connectivity index is 0.00000108. The fourth-order valence-corrected chi connectivity index (χ4v) is 2.21. The van der Waals surface area contributed by atoms with Gasteiger partial charge in [0.25, 0.3) is 0 Å². The number of H-pyrrole nitrogens is 1. The molecule has 1 aliphatic heterocycles. The van der Waals surface area contributed by atoms with Gasteiger partial charge in [-0.1, -0.05) is 0 Å². The van der Waals surface area contributed by atoms with E-state index in [9.17, 15) is 0 Å². The lowest BCUT2D eigenvalue weighted by molar-refractivity contribution is 0.586. The summed E-state index contributed by atoms with van der Waals surface area (Å²) in [6.45, 7) is 6.16. The second kappa shape index (κ2) is 4.89. The molecule has 3 heterocycles. The van der Waals surface area contributed by atoms with E-state index in [0.29, 0.717) is 0 Å². The maximum atomic E-state index is 4.43. The van der Waals surface area contributed by atoms with E-state index in [-0.39, 0.29) is 12.4 Å². The summed E-state index contributed by atoms with van der Waals surface area (Å²) in [5, 5.41) is 4.50. The summed E-state index contributed by atoms with van der Waals surface area (Å²) in [5.41, 5.74) is 2.14. The highest BCUT2D eigenvalue weighted by atomic mass is 35.5. The molecule has 2 aromatic heterocycles. The number of halogens is 1. The van der Waals surface area contributed by atoms with Crippen LogP contribution in [0.25, 0.3) is 11.0 Å². The topological polar surface area (TPSA) is 56.8 Å². The third-order valence-electron chi connectivity index (χ3n) is 3.06. The van der Waals surface area contributed by atoms with Crippen LogP contribution in [0.5, 0.6) is 0 Å². The number of aryl methyl sites for hydroxylation is 1. The van der Waals surface area contributed by atoms with Gasteiger partial charge in [-0.05, 0) is 12.5 Å². The van der Waals surface area contributed by atoms with Gasteiger partial charge in [-0.3, -0.25) is 0 Å². The number of piperazine rings is 1. The SMILES string of the molecule is Cc1c[nH]c2ncnc(N3CCNCC3)c12.Cl. The van der Waals surface area contributed by atoms with Crippen molar-refractivity contribution in [2.75, 3.05) is 31.1 Å². The van der Waals surface area contributed by atoms with E-state index in [2.05, 4.69) is 32.1 Å². The van der Waals surface area contributed by atoms with E-state index in [1.807, 2.05) is 6.20 Å². The molecule has 0 unspecified atom stereocenters. The second-order valence-corrected chi connectivity index (χ2v) is 4.13. The van der Waals surface area contributed by atoms with Gasteiger partial charge in [-0.15, -0.1) is 12.4 Å². The van der Waals surface area contributed by atoms with E-state index in [4.69, 9.17) is 0 Å². The predicted molar refractivity (Wildman–Crippen MR) is 71.0 cm³/mol. The van der Waals surface area contributed by atoms with Crippen LogP contribution >= 0.6 is 12.4 Å². The van der Waals surface area contributed by atoms with Crippen molar-refractivity contribution in [1.82, 2.24) is 20.3 Å². The minimum absolute atomic E-state index is 0. The summed E-state index contributed by atoms with van der Waals surface area (Å²) in [6.07, 6.45) is 3.63. The van der Waals surface area contributed by atoms with Gasteiger partial charge in [-0.25, -0.2) is 9.97 Å².